The first-order valence-electron chi connectivity index (χ1n) is 10.6. The fourth-order valence-electron chi connectivity index (χ4n) is 3.37. The molecule has 0 atom stereocenters. The Balaban J connectivity index is 1.58. The minimum absolute atomic E-state index is 0.215. The first kappa shape index (κ1) is 22.2. The van der Waals surface area contributed by atoms with Gasteiger partial charge in [-0.2, -0.15) is 5.10 Å². The molecule has 2 aromatic carbocycles. The Hall–Kier alpha value is -3.47. The van der Waals surface area contributed by atoms with Gasteiger partial charge < -0.3 is 4.74 Å². The lowest BCUT2D eigenvalue weighted by Gasteiger charge is -2.04. The largest absolute Gasteiger partial charge is 0.454 e. The molecular formula is C26H28N2O3. The number of aryl methyl sites for hydroxylation is 2. The number of carbonyl (C=O) groups is 2. The highest BCUT2D eigenvalue weighted by Crippen LogP contribution is 2.19. The monoisotopic (exact) mass is 416 g/mol. The van der Waals surface area contributed by atoms with Crippen LogP contribution in [0.25, 0.3) is 11.8 Å². The van der Waals surface area contributed by atoms with Gasteiger partial charge in [0.2, 0.25) is 0 Å². The molecule has 0 saturated carbocycles. The number of esters is 1. The van der Waals surface area contributed by atoms with Crippen molar-refractivity contribution < 1.29 is 14.3 Å². The SMILES string of the molecule is CCCCc1ccc(C(=O)COC(=O)/C=C/c2c(C)nn(-c3ccccc3)c2C)cc1. The Morgan fingerprint density at radius 3 is 2.42 bits per heavy atom. The van der Waals surface area contributed by atoms with Crippen molar-refractivity contribution in [2.24, 2.45) is 0 Å². The number of carbonyl (C=O) groups excluding carboxylic acids is 2. The molecule has 5 nitrogen and oxygen atoms in total. The van der Waals surface area contributed by atoms with Crippen molar-refractivity contribution in [3.8, 4) is 5.69 Å². The van der Waals surface area contributed by atoms with Crippen LogP contribution in [0.3, 0.4) is 0 Å². The van der Waals surface area contributed by atoms with Crippen LogP contribution in [0.1, 0.15) is 52.6 Å². The van der Waals surface area contributed by atoms with E-state index in [4.69, 9.17) is 4.74 Å². The van der Waals surface area contributed by atoms with Crippen molar-refractivity contribution >= 4 is 17.8 Å². The van der Waals surface area contributed by atoms with E-state index in [1.165, 1.54) is 11.6 Å². The summed E-state index contributed by atoms with van der Waals surface area (Å²) in [6.45, 7) is 5.72. The number of rotatable bonds is 9. The van der Waals surface area contributed by atoms with Crippen molar-refractivity contribution in [1.29, 1.82) is 0 Å². The maximum absolute atomic E-state index is 12.3. The quantitative estimate of drug-likeness (QED) is 0.271. The summed E-state index contributed by atoms with van der Waals surface area (Å²) in [6, 6.07) is 17.3. The Morgan fingerprint density at radius 1 is 1.03 bits per heavy atom. The molecule has 0 spiro atoms. The molecule has 5 heteroatoms. The summed E-state index contributed by atoms with van der Waals surface area (Å²) in [4.78, 5) is 24.4. The smallest absolute Gasteiger partial charge is 0.331 e. The van der Waals surface area contributed by atoms with E-state index in [1.807, 2.05) is 61.0 Å². The zero-order valence-electron chi connectivity index (χ0n) is 18.3. The number of aromatic nitrogens is 2. The van der Waals surface area contributed by atoms with Crippen LogP contribution in [0.5, 0.6) is 0 Å². The molecule has 1 aromatic heterocycles. The zero-order valence-corrected chi connectivity index (χ0v) is 18.3. The second-order valence-electron chi connectivity index (χ2n) is 7.50. The molecule has 0 fully saturated rings. The molecule has 0 bridgehead atoms. The summed E-state index contributed by atoms with van der Waals surface area (Å²) < 4.78 is 6.99. The van der Waals surface area contributed by atoms with Crippen LogP contribution >= 0.6 is 0 Å². The van der Waals surface area contributed by atoms with Crippen molar-refractivity contribution in [1.82, 2.24) is 9.78 Å². The third-order valence-electron chi connectivity index (χ3n) is 5.17. The summed E-state index contributed by atoms with van der Waals surface area (Å²) in [5.41, 5.74) is 5.30. The van der Waals surface area contributed by atoms with Gasteiger partial charge in [0.25, 0.3) is 0 Å². The van der Waals surface area contributed by atoms with Crippen LogP contribution in [0.4, 0.5) is 0 Å². The van der Waals surface area contributed by atoms with E-state index in [9.17, 15) is 9.59 Å². The third-order valence-corrected chi connectivity index (χ3v) is 5.17. The van der Waals surface area contributed by atoms with Crippen molar-refractivity contribution in [2.75, 3.05) is 6.61 Å². The fourth-order valence-corrected chi connectivity index (χ4v) is 3.37. The standard InChI is InChI=1S/C26H28N2O3/c1-4-5-9-21-12-14-22(15-13-21)25(29)18-31-26(30)17-16-24-19(2)27-28(20(24)3)23-10-7-6-8-11-23/h6-8,10-17H,4-5,9,18H2,1-3H3/b17-16+. The van der Waals surface area contributed by atoms with Crippen molar-refractivity contribution in [2.45, 2.75) is 40.0 Å². The lowest BCUT2D eigenvalue weighted by atomic mass is 10.0. The summed E-state index contributed by atoms with van der Waals surface area (Å²) in [7, 11) is 0. The van der Waals surface area contributed by atoms with E-state index in [2.05, 4.69) is 12.0 Å². The van der Waals surface area contributed by atoms with E-state index in [-0.39, 0.29) is 12.4 Å². The second kappa shape index (κ2) is 10.5. The fraction of sp³-hybridized carbons (Fsp3) is 0.269. The molecule has 0 radical (unpaired) electrons. The number of Topliss-reactive ketones (excluding diaryl/α,β-unsaturated/α-hetero) is 1. The second-order valence-corrected chi connectivity index (χ2v) is 7.50. The Bertz CT molecular complexity index is 1060. The number of ether oxygens (including phenoxy) is 1. The molecule has 1 heterocycles. The minimum atomic E-state index is -0.556. The predicted molar refractivity (Wildman–Crippen MR) is 122 cm³/mol. The predicted octanol–water partition coefficient (Wildman–Crippen LogP) is 5.27. The van der Waals surface area contributed by atoms with Gasteiger partial charge in [-0.25, -0.2) is 9.48 Å². The maximum atomic E-state index is 12.3. The molecular weight excluding hydrogens is 388 g/mol. The van der Waals surface area contributed by atoms with E-state index < -0.39 is 5.97 Å². The van der Waals surface area contributed by atoms with Crippen LogP contribution in [0.2, 0.25) is 0 Å². The minimum Gasteiger partial charge on any atom is -0.454 e. The van der Waals surface area contributed by atoms with E-state index in [1.54, 1.807) is 18.2 Å². The highest BCUT2D eigenvalue weighted by atomic mass is 16.5. The van der Waals surface area contributed by atoms with Gasteiger partial charge in [0.1, 0.15) is 0 Å². The van der Waals surface area contributed by atoms with Gasteiger partial charge in [-0.3, -0.25) is 4.79 Å². The van der Waals surface area contributed by atoms with Crippen molar-refractivity contribution in [3.63, 3.8) is 0 Å². The van der Waals surface area contributed by atoms with Crippen LogP contribution in [0.15, 0.2) is 60.7 Å². The molecule has 0 amide bonds. The lowest BCUT2D eigenvalue weighted by molar-refractivity contribution is -0.136. The highest BCUT2D eigenvalue weighted by Gasteiger charge is 2.12. The summed E-state index contributed by atoms with van der Waals surface area (Å²) in [5, 5.41) is 4.56. The van der Waals surface area contributed by atoms with Gasteiger partial charge >= 0.3 is 5.97 Å². The molecule has 3 aromatic rings. The molecule has 0 unspecified atom stereocenters. The zero-order chi connectivity index (χ0) is 22.2. The van der Waals surface area contributed by atoms with Crippen LogP contribution in [-0.2, 0) is 16.0 Å². The molecule has 0 aliphatic heterocycles. The van der Waals surface area contributed by atoms with Crippen LogP contribution < -0.4 is 0 Å². The first-order chi connectivity index (χ1) is 15.0. The topological polar surface area (TPSA) is 61.2 Å². The molecule has 0 saturated heterocycles. The summed E-state index contributed by atoms with van der Waals surface area (Å²) >= 11 is 0. The molecule has 160 valence electrons. The number of ketones is 1. The van der Waals surface area contributed by atoms with Gasteiger partial charge in [0.15, 0.2) is 12.4 Å². The molecule has 0 N–H and O–H groups in total. The molecule has 3 rings (SSSR count). The third kappa shape index (κ3) is 5.79. The Kier molecular flexibility index (Phi) is 7.55. The summed E-state index contributed by atoms with van der Waals surface area (Å²) in [5.74, 6) is -0.771. The van der Waals surface area contributed by atoms with Gasteiger partial charge in [0, 0.05) is 22.9 Å². The Labute approximate surface area is 183 Å². The highest BCUT2D eigenvalue weighted by molar-refractivity contribution is 5.99. The molecule has 0 aliphatic rings. The van der Waals surface area contributed by atoms with Crippen LogP contribution in [0, 0.1) is 13.8 Å². The van der Waals surface area contributed by atoms with E-state index >= 15 is 0 Å². The average molecular weight is 417 g/mol. The van der Waals surface area contributed by atoms with Gasteiger partial charge in [0.05, 0.1) is 11.4 Å². The van der Waals surface area contributed by atoms with E-state index in [0.29, 0.717) is 5.56 Å². The van der Waals surface area contributed by atoms with E-state index in [0.717, 1.165) is 41.9 Å². The number of hydrogen-bond donors (Lipinski definition) is 0. The Morgan fingerprint density at radius 2 is 1.74 bits per heavy atom. The number of unbranched alkanes of at least 4 members (excludes halogenated alkanes) is 1. The van der Waals surface area contributed by atoms with Crippen molar-refractivity contribution in [3.05, 3.63) is 88.8 Å². The van der Waals surface area contributed by atoms with Gasteiger partial charge in [-0.15, -0.1) is 0 Å². The van der Waals surface area contributed by atoms with Crippen LogP contribution in [-0.4, -0.2) is 28.1 Å². The maximum Gasteiger partial charge on any atom is 0.331 e. The average Bonchev–Trinajstić information content (AvgIpc) is 3.08. The van der Waals surface area contributed by atoms with Gasteiger partial charge in [-0.05, 0) is 50.5 Å². The summed E-state index contributed by atoms with van der Waals surface area (Å²) in [6.07, 6.45) is 6.29. The molecule has 31 heavy (non-hydrogen) atoms. The normalized spacial score (nSPS) is 11.1. The number of hydrogen-bond acceptors (Lipinski definition) is 4. The number of benzene rings is 2. The first-order valence-corrected chi connectivity index (χ1v) is 10.6. The lowest BCUT2D eigenvalue weighted by Crippen LogP contribution is -2.12. The number of nitrogens with zero attached hydrogens (tertiary/aromatic N) is 2. The molecule has 0 aliphatic carbocycles. The van der Waals surface area contributed by atoms with Gasteiger partial charge in [-0.1, -0.05) is 55.8 Å². The number of para-hydroxylation sites is 1.